The summed E-state index contributed by atoms with van der Waals surface area (Å²) in [5.74, 6) is 1.19. The predicted molar refractivity (Wildman–Crippen MR) is 135 cm³/mol. The monoisotopic (exact) mass is 504 g/mol. The molecule has 1 aromatic carbocycles. The fourth-order valence-corrected chi connectivity index (χ4v) is 4.90. The molecule has 1 N–H and O–H groups in total. The first kappa shape index (κ1) is 27.2. The molecule has 35 heavy (non-hydrogen) atoms. The van der Waals surface area contributed by atoms with Crippen LogP contribution in [0.15, 0.2) is 22.7 Å². The molecular weight excluding hydrogens is 468 g/mol. The molecule has 0 saturated heterocycles. The van der Waals surface area contributed by atoms with Gasteiger partial charge in [0.2, 0.25) is 5.91 Å². The van der Waals surface area contributed by atoms with Crippen LogP contribution in [0.5, 0.6) is 0 Å². The highest BCUT2D eigenvalue weighted by Gasteiger charge is 2.37. The van der Waals surface area contributed by atoms with Crippen molar-refractivity contribution < 1.29 is 23.6 Å². The van der Waals surface area contributed by atoms with E-state index in [4.69, 9.17) is 25.6 Å². The number of rotatable bonds is 11. The quantitative estimate of drug-likeness (QED) is 0.365. The predicted octanol–water partition coefficient (Wildman–Crippen LogP) is 6.22. The van der Waals surface area contributed by atoms with E-state index in [0.29, 0.717) is 40.8 Å². The number of benzene rings is 1. The van der Waals surface area contributed by atoms with Crippen LogP contribution in [0.25, 0.3) is 0 Å². The van der Waals surface area contributed by atoms with Crippen molar-refractivity contribution in [1.29, 1.82) is 0 Å². The lowest BCUT2D eigenvalue weighted by molar-refractivity contribution is -0.148. The number of carbonyl (C=O) groups is 2. The number of amides is 1. The lowest BCUT2D eigenvalue weighted by atomic mass is 9.67. The Morgan fingerprint density at radius 1 is 1.26 bits per heavy atom. The Hall–Kier alpha value is -2.38. The highest BCUT2D eigenvalue weighted by atomic mass is 35.5. The molecule has 192 valence electrons. The van der Waals surface area contributed by atoms with Crippen LogP contribution in [0, 0.1) is 18.3 Å². The maximum atomic E-state index is 12.6. The van der Waals surface area contributed by atoms with Gasteiger partial charge in [0, 0.05) is 24.3 Å². The van der Waals surface area contributed by atoms with Crippen molar-refractivity contribution in [3.8, 4) is 0 Å². The van der Waals surface area contributed by atoms with E-state index in [0.717, 1.165) is 29.7 Å². The van der Waals surface area contributed by atoms with Crippen LogP contribution in [0.3, 0.4) is 0 Å². The number of anilines is 1. The number of nitrogens with one attached hydrogen (secondary N) is 1. The SMILES string of the molecule is CCOC(=O)COCc1c(CCC(=O)Nc2ccc(C)cc2Cl)noc1[C@H]1C[C@@H](CC(C)(C)C)C1. The van der Waals surface area contributed by atoms with Gasteiger partial charge in [0.15, 0.2) is 0 Å². The summed E-state index contributed by atoms with van der Waals surface area (Å²) in [6, 6.07) is 5.50. The number of nitrogens with zero attached hydrogens (tertiary/aromatic N) is 1. The molecule has 0 unspecified atom stereocenters. The van der Waals surface area contributed by atoms with Gasteiger partial charge >= 0.3 is 5.97 Å². The third-order valence-electron chi connectivity index (χ3n) is 6.17. The average molecular weight is 505 g/mol. The van der Waals surface area contributed by atoms with Gasteiger partial charge in [0.1, 0.15) is 12.4 Å². The van der Waals surface area contributed by atoms with E-state index >= 15 is 0 Å². The van der Waals surface area contributed by atoms with Gasteiger partial charge in [-0.3, -0.25) is 4.79 Å². The fraction of sp³-hybridized carbons (Fsp3) is 0.593. The Bertz CT molecular complexity index is 1020. The zero-order valence-electron chi connectivity index (χ0n) is 21.4. The van der Waals surface area contributed by atoms with Crippen molar-refractivity contribution in [1.82, 2.24) is 5.16 Å². The Balaban J connectivity index is 1.64. The summed E-state index contributed by atoms with van der Waals surface area (Å²) >= 11 is 6.24. The van der Waals surface area contributed by atoms with Crippen molar-refractivity contribution in [3.63, 3.8) is 0 Å². The van der Waals surface area contributed by atoms with Crippen LogP contribution >= 0.6 is 11.6 Å². The summed E-state index contributed by atoms with van der Waals surface area (Å²) in [7, 11) is 0. The molecule has 1 aromatic heterocycles. The Labute approximate surface area is 212 Å². The molecule has 1 saturated carbocycles. The normalized spacial score (nSPS) is 17.7. The van der Waals surface area contributed by atoms with Gasteiger partial charge in [-0.05, 0) is 62.1 Å². The second kappa shape index (κ2) is 12.0. The molecule has 1 aliphatic rings. The van der Waals surface area contributed by atoms with Gasteiger partial charge < -0.3 is 19.3 Å². The third kappa shape index (κ3) is 8.07. The first-order valence-electron chi connectivity index (χ1n) is 12.3. The summed E-state index contributed by atoms with van der Waals surface area (Å²) in [4.78, 5) is 24.3. The lowest BCUT2D eigenvalue weighted by Crippen LogP contribution is -2.26. The molecule has 3 rings (SSSR count). The molecule has 1 fully saturated rings. The van der Waals surface area contributed by atoms with E-state index in [1.54, 1.807) is 13.0 Å². The highest BCUT2D eigenvalue weighted by molar-refractivity contribution is 6.33. The zero-order chi connectivity index (χ0) is 25.6. The molecule has 7 nitrogen and oxygen atoms in total. The smallest absolute Gasteiger partial charge is 0.332 e. The number of esters is 1. The number of halogens is 1. The van der Waals surface area contributed by atoms with Crippen molar-refractivity contribution in [2.75, 3.05) is 18.5 Å². The second-order valence-corrected chi connectivity index (χ2v) is 11.0. The molecular formula is C27H37ClN2O5. The van der Waals surface area contributed by atoms with Gasteiger partial charge in [-0.25, -0.2) is 4.79 Å². The van der Waals surface area contributed by atoms with E-state index < -0.39 is 5.97 Å². The summed E-state index contributed by atoms with van der Waals surface area (Å²) in [5, 5.41) is 7.65. The summed E-state index contributed by atoms with van der Waals surface area (Å²) in [5.41, 5.74) is 3.43. The van der Waals surface area contributed by atoms with Crippen molar-refractivity contribution in [2.45, 2.75) is 79.2 Å². The lowest BCUT2D eigenvalue weighted by Gasteiger charge is -2.38. The molecule has 8 heteroatoms. The first-order chi connectivity index (χ1) is 16.6. The van der Waals surface area contributed by atoms with E-state index in [-0.39, 0.29) is 31.5 Å². The molecule has 0 aliphatic heterocycles. The molecule has 1 heterocycles. The third-order valence-corrected chi connectivity index (χ3v) is 6.48. The summed E-state index contributed by atoms with van der Waals surface area (Å²) in [6.07, 6.45) is 3.88. The van der Waals surface area contributed by atoms with Crippen LogP contribution in [-0.4, -0.2) is 30.2 Å². The first-order valence-corrected chi connectivity index (χ1v) is 12.7. The number of aryl methyl sites for hydroxylation is 2. The van der Waals surface area contributed by atoms with Gasteiger partial charge in [-0.15, -0.1) is 0 Å². The van der Waals surface area contributed by atoms with Crippen LogP contribution in [0.2, 0.25) is 5.02 Å². The fourth-order valence-electron chi connectivity index (χ4n) is 4.62. The van der Waals surface area contributed by atoms with E-state index in [1.807, 2.05) is 19.1 Å². The van der Waals surface area contributed by atoms with E-state index in [1.165, 1.54) is 6.42 Å². The Morgan fingerprint density at radius 3 is 2.66 bits per heavy atom. The second-order valence-electron chi connectivity index (χ2n) is 10.6. The van der Waals surface area contributed by atoms with E-state index in [2.05, 4.69) is 31.2 Å². The Morgan fingerprint density at radius 2 is 2.00 bits per heavy atom. The zero-order valence-corrected chi connectivity index (χ0v) is 22.2. The maximum Gasteiger partial charge on any atom is 0.332 e. The van der Waals surface area contributed by atoms with Crippen molar-refractivity contribution >= 4 is 29.2 Å². The number of carbonyl (C=O) groups excluding carboxylic acids is 2. The number of hydrogen-bond donors (Lipinski definition) is 1. The summed E-state index contributed by atoms with van der Waals surface area (Å²) < 4.78 is 16.4. The maximum absolute atomic E-state index is 12.6. The average Bonchev–Trinajstić information content (AvgIpc) is 3.12. The Kier molecular flexibility index (Phi) is 9.36. The minimum absolute atomic E-state index is 0.137. The topological polar surface area (TPSA) is 90.7 Å². The molecule has 1 aliphatic carbocycles. The van der Waals surface area contributed by atoms with Crippen LogP contribution in [-0.2, 0) is 32.1 Å². The highest BCUT2D eigenvalue weighted by Crippen LogP contribution is 2.48. The minimum Gasteiger partial charge on any atom is -0.464 e. The van der Waals surface area contributed by atoms with Crippen molar-refractivity contribution in [2.24, 2.45) is 11.3 Å². The van der Waals surface area contributed by atoms with Crippen LogP contribution in [0.1, 0.15) is 81.9 Å². The van der Waals surface area contributed by atoms with Gasteiger partial charge in [-0.2, -0.15) is 0 Å². The van der Waals surface area contributed by atoms with Gasteiger partial charge in [-0.1, -0.05) is 43.6 Å². The molecule has 0 spiro atoms. The summed E-state index contributed by atoms with van der Waals surface area (Å²) in [6.45, 7) is 10.8. The van der Waals surface area contributed by atoms with Gasteiger partial charge in [0.05, 0.1) is 29.6 Å². The number of hydrogen-bond acceptors (Lipinski definition) is 6. The number of aromatic nitrogens is 1. The largest absolute Gasteiger partial charge is 0.464 e. The molecule has 2 aromatic rings. The van der Waals surface area contributed by atoms with Crippen LogP contribution in [0.4, 0.5) is 5.69 Å². The van der Waals surface area contributed by atoms with Gasteiger partial charge in [0.25, 0.3) is 0 Å². The molecule has 0 bridgehead atoms. The molecule has 1 amide bonds. The standard InChI is InChI=1S/C27H37ClN2O5/c1-6-34-25(32)16-33-15-20-22(9-10-24(31)29-23-8-7-17(2)11-21(23)28)30-35-26(20)19-12-18(13-19)14-27(3,4)5/h7-8,11,18-19H,6,9-10,12-16H2,1-5H3,(H,29,31)/t18-,19+. The molecule has 0 atom stereocenters. The minimum atomic E-state index is -0.407. The van der Waals surface area contributed by atoms with Crippen molar-refractivity contribution in [3.05, 3.63) is 45.8 Å². The molecule has 0 radical (unpaired) electrons. The van der Waals surface area contributed by atoms with Crippen LogP contribution < -0.4 is 5.32 Å². The number of ether oxygens (including phenoxy) is 2. The van der Waals surface area contributed by atoms with E-state index in [9.17, 15) is 9.59 Å².